The van der Waals surface area contributed by atoms with Crippen LogP contribution < -0.4 is 14.8 Å². The Bertz CT molecular complexity index is 628. The van der Waals surface area contributed by atoms with Crippen LogP contribution in [0.2, 0.25) is 0 Å². The molecular formula is C20H30N2O4. The molecule has 1 fully saturated rings. The number of benzene rings is 1. The van der Waals surface area contributed by atoms with E-state index in [1.807, 2.05) is 17.0 Å². The minimum absolute atomic E-state index is 0.00488. The predicted molar refractivity (Wildman–Crippen MR) is 99.9 cm³/mol. The van der Waals surface area contributed by atoms with Gasteiger partial charge in [-0.2, -0.15) is 0 Å². The Morgan fingerprint density at radius 3 is 2.69 bits per heavy atom. The van der Waals surface area contributed by atoms with E-state index in [1.54, 1.807) is 14.2 Å². The van der Waals surface area contributed by atoms with Gasteiger partial charge in [0.15, 0.2) is 11.5 Å². The van der Waals surface area contributed by atoms with Crippen LogP contribution in [0.3, 0.4) is 0 Å². The summed E-state index contributed by atoms with van der Waals surface area (Å²) in [5, 5.41) is 3.13. The number of amides is 2. The van der Waals surface area contributed by atoms with Gasteiger partial charge in [-0.05, 0) is 62.3 Å². The fourth-order valence-electron chi connectivity index (χ4n) is 3.74. The van der Waals surface area contributed by atoms with Crippen molar-refractivity contribution >= 4 is 6.03 Å². The summed E-state index contributed by atoms with van der Waals surface area (Å²) < 4.78 is 16.4. The molecule has 3 rings (SSSR count). The summed E-state index contributed by atoms with van der Waals surface area (Å²) in [4.78, 5) is 14.5. The van der Waals surface area contributed by atoms with Crippen molar-refractivity contribution in [2.45, 2.75) is 57.7 Å². The van der Waals surface area contributed by atoms with Crippen LogP contribution in [0.4, 0.5) is 4.79 Å². The van der Waals surface area contributed by atoms with Crippen molar-refractivity contribution in [1.82, 2.24) is 10.2 Å². The molecule has 144 valence electrons. The maximum absolute atomic E-state index is 12.6. The predicted octanol–water partition coefficient (Wildman–Crippen LogP) is 3.12. The summed E-state index contributed by atoms with van der Waals surface area (Å²) in [5.74, 6) is 1.45. The number of ether oxygens (including phenoxy) is 3. The van der Waals surface area contributed by atoms with Gasteiger partial charge >= 0.3 is 6.03 Å². The first-order valence-electron chi connectivity index (χ1n) is 9.51. The molecule has 0 saturated carbocycles. The van der Waals surface area contributed by atoms with Crippen molar-refractivity contribution < 1.29 is 19.0 Å². The number of methoxy groups -OCH3 is 2. The summed E-state index contributed by atoms with van der Waals surface area (Å²) in [6.45, 7) is 4.26. The zero-order chi connectivity index (χ0) is 18.5. The van der Waals surface area contributed by atoms with E-state index in [0.29, 0.717) is 24.9 Å². The first-order chi connectivity index (χ1) is 12.6. The lowest BCUT2D eigenvalue weighted by Gasteiger charge is -2.31. The Labute approximate surface area is 155 Å². The number of carbonyl (C=O) groups is 1. The number of fused-ring (bicyclic) bond motifs is 1. The number of hydrogen-bond donors (Lipinski definition) is 1. The number of carbonyl (C=O) groups excluding carboxylic acids is 1. The van der Waals surface area contributed by atoms with Gasteiger partial charge in [-0.1, -0.05) is 0 Å². The standard InChI is InChI=1S/C20H30N2O4/c1-14(6-7-17-5-4-10-26-17)21-20(23)22-9-8-15-11-18(24-2)19(25-3)12-16(15)13-22/h11-12,14,17H,4-10,13H2,1-3H3,(H,21,23). The SMILES string of the molecule is COc1cc2c(cc1OC)CN(C(=O)NC(C)CCC1CCCO1)CC2. The highest BCUT2D eigenvalue weighted by Crippen LogP contribution is 2.33. The second-order valence-corrected chi connectivity index (χ2v) is 7.21. The van der Waals surface area contributed by atoms with Crippen molar-refractivity contribution in [1.29, 1.82) is 0 Å². The van der Waals surface area contributed by atoms with Crippen molar-refractivity contribution in [3.8, 4) is 11.5 Å². The largest absolute Gasteiger partial charge is 0.493 e. The zero-order valence-electron chi connectivity index (χ0n) is 16.0. The van der Waals surface area contributed by atoms with E-state index in [0.717, 1.165) is 50.0 Å². The maximum atomic E-state index is 12.6. The molecule has 0 bridgehead atoms. The highest BCUT2D eigenvalue weighted by molar-refractivity contribution is 5.75. The lowest BCUT2D eigenvalue weighted by Crippen LogP contribution is -2.46. The molecule has 1 saturated heterocycles. The Balaban J connectivity index is 1.54. The van der Waals surface area contributed by atoms with E-state index in [9.17, 15) is 4.79 Å². The third kappa shape index (κ3) is 4.41. The van der Waals surface area contributed by atoms with Gasteiger partial charge in [0.05, 0.1) is 20.3 Å². The molecule has 0 radical (unpaired) electrons. The van der Waals surface area contributed by atoms with Gasteiger partial charge < -0.3 is 24.4 Å². The van der Waals surface area contributed by atoms with E-state index in [-0.39, 0.29) is 12.1 Å². The molecule has 2 amide bonds. The summed E-state index contributed by atoms with van der Waals surface area (Å²) in [5.41, 5.74) is 2.34. The molecule has 0 aromatic heterocycles. The number of nitrogens with zero attached hydrogens (tertiary/aromatic N) is 1. The molecule has 0 spiro atoms. The third-order valence-electron chi connectivity index (χ3n) is 5.32. The molecule has 2 aliphatic rings. The Kier molecular flexibility index (Phi) is 6.25. The number of urea groups is 1. The van der Waals surface area contributed by atoms with E-state index in [2.05, 4.69) is 12.2 Å². The number of rotatable bonds is 6. The molecule has 2 atom stereocenters. The number of hydrogen-bond acceptors (Lipinski definition) is 4. The highest BCUT2D eigenvalue weighted by atomic mass is 16.5. The first-order valence-corrected chi connectivity index (χ1v) is 9.51. The van der Waals surface area contributed by atoms with Crippen molar-refractivity contribution in [2.75, 3.05) is 27.4 Å². The fourth-order valence-corrected chi connectivity index (χ4v) is 3.74. The van der Waals surface area contributed by atoms with Crippen LogP contribution in [0.25, 0.3) is 0 Å². The average molecular weight is 362 g/mol. The smallest absolute Gasteiger partial charge is 0.317 e. The van der Waals surface area contributed by atoms with Gasteiger partial charge in [0.25, 0.3) is 0 Å². The fraction of sp³-hybridized carbons (Fsp3) is 0.650. The summed E-state index contributed by atoms with van der Waals surface area (Å²) in [6.07, 6.45) is 5.47. The Morgan fingerprint density at radius 1 is 1.31 bits per heavy atom. The summed E-state index contributed by atoms with van der Waals surface area (Å²) >= 11 is 0. The van der Waals surface area contributed by atoms with E-state index in [1.165, 1.54) is 5.56 Å². The van der Waals surface area contributed by atoms with Crippen LogP contribution in [0.15, 0.2) is 12.1 Å². The Hall–Kier alpha value is -1.95. The lowest BCUT2D eigenvalue weighted by molar-refractivity contribution is 0.0998. The zero-order valence-corrected chi connectivity index (χ0v) is 16.0. The third-order valence-corrected chi connectivity index (χ3v) is 5.32. The van der Waals surface area contributed by atoms with Crippen LogP contribution >= 0.6 is 0 Å². The molecule has 2 aliphatic heterocycles. The minimum atomic E-state index is 0.00488. The molecule has 0 aliphatic carbocycles. The second-order valence-electron chi connectivity index (χ2n) is 7.21. The van der Waals surface area contributed by atoms with Gasteiger partial charge in [0.1, 0.15) is 0 Å². The highest BCUT2D eigenvalue weighted by Gasteiger charge is 2.24. The molecule has 1 aromatic carbocycles. The Morgan fingerprint density at radius 2 is 2.04 bits per heavy atom. The van der Waals surface area contributed by atoms with Gasteiger partial charge in [-0.3, -0.25) is 0 Å². The average Bonchev–Trinajstić information content (AvgIpc) is 3.18. The van der Waals surface area contributed by atoms with Crippen LogP contribution in [0, 0.1) is 0 Å². The van der Waals surface area contributed by atoms with Crippen LogP contribution in [-0.2, 0) is 17.7 Å². The molecule has 26 heavy (non-hydrogen) atoms. The summed E-state index contributed by atoms with van der Waals surface area (Å²) in [6, 6.07) is 4.16. The number of nitrogens with one attached hydrogen (secondary N) is 1. The molecule has 1 aromatic rings. The minimum Gasteiger partial charge on any atom is -0.493 e. The molecule has 2 heterocycles. The molecule has 6 nitrogen and oxygen atoms in total. The quantitative estimate of drug-likeness (QED) is 0.845. The normalized spacial score (nSPS) is 20.4. The van der Waals surface area contributed by atoms with Gasteiger partial charge in [-0.15, -0.1) is 0 Å². The van der Waals surface area contributed by atoms with Crippen molar-refractivity contribution in [3.05, 3.63) is 23.3 Å². The van der Waals surface area contributed by atoms with Crippen LogP contribution in [0.5, 0.6) is 11.5 Å². The van der Waals surface area contributed by atoms with Gasteiger partial charge in [0, 0.05) is 25.7 Å². The molecule has 1 N–H and O–H groups in total. The van der Waals surface area contributed by atoms with Crippen LogP contribution in [0.1, 0.15) is 43.7 Å². The molecule has 2 unspecified atom stereocenters. The monoisotopic (exact) mass is 362 g/mol. The lowest BCUT2D eigenvalue weighted by atomic mass is 9.99. The van der Waals surface area contributed by atoms with Gasteiger partial charge in [-0.25, -0.2) is 4.79 Å². The topological polar surface area (TPSA) is 60.0 Å². The van der Waals surface area contributed by atoms with E-state index in [4.69, 9.17) is 14.2 Å². The van der Waals surface area contributed by atoms with E-state index >= 15 is 0 Å². The molecule has 6 heteroatoms. The van der Waals surface area contributed by atoms with Crippen molar-refractivity contribution in [3.63, 3.8) is 0 Å². The van der Waals surface area contributed by atoms with Crippen LogP contribution in [-0.4, -0.2) is 50.4 Å². The van der Waals surface area contributed by atoms with Crippen molar-refractivity contribution in [2.24, 2.45) is 0 Å². The maximum Gasteiger partial charge on any atom is 0.317 e. The van der Waals surface area contributed by atoms with Gasteiger partial charge in [0.2, 0.25) is 0 Å². The summed E-state index contributed by atoms with van der Waals surface area (Å²) in [7, 11) is 3.28. The first kappa shape index (κ1) is 18.8. The molecular weight excluding hydrogens is 332 g/mol. The second kappa shape index (κ2) is 8.62. The van der Waals surface area contributed by atoms with E-state index < -0.39 is 0 Å².